The first kappa shape index (κ1) is 17.2. The van der Waals surface area contributed by atoms with E-state index in [-0.39, 0.29) is 5.91 Å². The zero-order valence-corrected chi connectivity index (χ0v) is 14.2. The second-order valence-corrected chi connectivity index (χ2v) is 8.00. The van der Waals surface area contributed by atoms with Crippen LogP contribution in [0.3, 0.4) is 0 Å². The summed E-state index contributed by atoms with van der Waals surface area (Å²) < 4.78 is 23.5. The van der Waals surface area contributed by atoms with E-state index >= 15 is 0 Å². The number of hydrogen-bond donors (Lipinski definition) is 0. The molecule has 1 atom stereocenters. The van der Waals surface area contributed by atoms with Crippen LogP contribution in [0.4, 0.5) is 0 Å². The Kier molecular flexibility index (Phi) is 5.55. The first-order valence-electron chi connectivity index (χ1n) is 7.43. The van der Waals surface area contributed by atoms with Crippen LogP contribution < -0.4 is 0 Å². The second kappa shape index (κ2) is 7.42. The highest BCUT2D eigenvalue weighted by molar-refractivity contribution is 7.92. The van der Waals surface area contributed by atoms with E-state index < -0.39 is 15.1 Å². The van der Waals surface area contributed by atoms with Crippen molar-refractivity contribution in [2.24, 2.45) is 0 Å². The fraction of sp³-hybridized carbons (Fsp3) is 0.278. The topological polar surface area (TPSA) is 54.5 Å². The molecule has 0 heterocycles. The van der Waals surface area contributed by atoms with Crippen LogP contribution in [-0.4, -0.2) is 30.7 Å². The van der Waals surface area contributed by atoms with E-state index in [2.05, 4.69) is 0 Å². The smallest absolute Gasteiger partial charge is 0.241 e. The van der Waals surface area contributed by atoms with Crippen LogP contribution in [0.15, 0.2) is 60.7 Å². The van der Waals surface area contributed by atoms with Gasteiger partial charge in [0.05, 0.1) is 0 Å². The van der Waals surface area contributed by atoms with Gasteiger partial charge < -0.3 is 4.90 Å². The van der Waals surface area contributed by atoms with E-state index in [0.717, 1.165) is 17.4 Å². The Bertz CT molecular complexity index is 701. The molecule has 0 spiro atoms. The van der Waals surface area contributed by atoms with Crippen molar-refractivity contribution in [3.05, 3.63) is 71.8 Å². The molecule has 4 nitrogen and oxygen atoms in total. The van der Waals surface area contributed by atoms with Gasteiger partial charge in [-0.15, -0.1) is 0 Å². The minimum absolute atomic E-state index is 0.375. The van der Waals surface area contributed by atoms with Gasteiger partial charge in [-0.2, -0.15) is 0 Å². The van der Waals surface area contributed by atoms with E-state index in [1.807, 2.05) is 60.7 Å². The summed E-state index contributed by atoms with van der Waals surface area (Å²) in [6.07, 6.45) is 1.10. The lowest BCUT2D eigenvalue weighted by atomic mass is 10.1. The quantitative estimate of drug-likeness (QED) is 0.818. The van der Waals surface area contributed by atoms with Crippen molar-refractivity contribution >= 4 is 15.7 Å². The van der Waals surface area contributed by atoms with Gasteiger partial charge in [-0.25, -0.2) is 8.42 Å². The minimum atomic E-state index is -3.42. The van der Waals surface area contributed by atoms with Crippen LogP contribution in [0.2, 0.25) is 0 Å². The van der Waals surface area contributed by atoms with Gasteiger partial charge in [0, 0.05) is 19.3 Å². The van der Waals surface area contributed by atoms with Crippen molar-refractivity contribution in [3.8, 4) is 0 Å². The normalized spacial score (nSPS) is 12.6. The van der Waals surface area contributed by atoms with Crippen molar-refractivity contribution in [1.82, 2.24) is 4.90 Å². The zero-order chi connectivity index (χ0) is 16.9. The maximum Gasteiger partial charge on any atom is 0.241 e. The van der Waals surface area contributed by atoms with E-state index in [0.29, 0.717) is 13.1 Å². The number of nitrogens with zero attached hydrogens (tertiary/aromatic N) is 1. The van der Waals surface area contributed by atoms with Gasteiger partial charge in [0.25, 0.3) is 0 Å². The number of rotatable bonds is 6. The predicted molar refractivity (Wildman–Crippen MR) is 91.4 cm³/mol. The Morgan fingerprint density at radius 3 is 1.65 bits per heavy atom. The number of carbonyl (C=O) groups excluding carboxylic acids is 1. The maximum atomic E-state index is 12.6. The Morgan fingerprint density at radius 1 is 0.913 bits per heavy atom. The second-order valence-electron chi connectivity index (χ2n) is 5.64. The molecule has 122 valence electrons. The molecule has 0 radical (unpaired) electrons. The molecule has 0 saturated carbocycles. The first-order valence-corrected chi connectivity index (χ1v) is 9.39. The van der Waals surface area contributed by atoms with Gasteiger partial charge in [-0.05, 0) is 18.1 Å². The number of carbonyl (C=O) groups is 1. The number of sulfone groups is 1. The molecule has 0 bridgehead atoms. The average Bonchev–Trinajstić information content (AvgIpc) is 2.54. The number of amides is 1. The average molecular weight is 331 g/mol. The van der Waals surface area contributed by atoms with Crippen LogP contribution in [0.1, 0.15) is 18.1 Å². The van der Waals surface area contributed by atoms with E-state index in [9.17, 15) is 13.2 Å². The molecule has 0 aliphatic heterocycles. The van der Waals surface area contributed by atoms with E-state index in [1.54, 1.807) is 4.90 Å². The molecular formula is C18H21NO3S. The van der Waals surface area contributed by atoms with Gasteiger partial charge in [-0.3, -0.25) is 4.79 Å². The van der Waals surface area contributed by atoms with Gasteiger partial charge >= 0.3 is 0 Å². The monoisotopic (exact) mass is 331 g/mol. The highest BCUT2D eigenvalue weighted by Gasteiger charge is 2.28. The Morgan fingerprint density at radius 2 is 1.30 bits per heavy atom. The molecule has 1 amide bonds. The van der Waals surface area contributed by atoms with Crippen molar-refractivity contribution in [3.63, 3.8) is 0 Å². The molecular weight excluding hydrogens is 310 g/mol. The highest BCUT2D eigenvalue weighted by atomic mass is 32.2. The molecule has 5 heteroatoms. The van der Waals surface area contributed by atoms with Crippen molar-refractivity contribution < 1.29 is 13.2 Å². The van der Waals surface area contributed by atoms with E-state index in [4.69, 9.17) is 0 Å². The summed E-state index contributed by atoms with van der Waals surface area (Å²) in [5.41, 5.74) is 1.94. The molecule has 0 N–H and O–H groups in total. The van der Waals surface area contributed by atoms with Crippen molar-refractivity contribution in [2.45, 2.75) is 25.3 Å². The summed E-state index contributed by atoms with van der Waals surface area (Å²) in [6, 6.07) is 19.1. The molecule has 23 heavy (non-hydrogen) atoms. The number of benzene rings is 2. The fourth-order valence-electron chi connectivity index (χ4n) is 2.26. The number of hydrogen-bond acceptors (Lipinski definition) is 3. The Balaban J connectivity index is 2.25. The lowest BCUT2D eigenvalue weighted by Gasteiger charge is -2.25. The third kappa shape index (κ3) is 4.93. The van der Waals surface area contributed by atoms with Gasteiger partial charge in [0.1, 0.15) is 5.25 Å². The highest BCUT2D eigenvalue weighted by Crippen LogP contribution is 2.14. The van der Waals surface area contributed by atoms with Gasteiger partial charge in [-0.1, -0.05) is 60.7 Å². The first-order chi connectivity index (χ1) is 10.9. The molecule has 0 fully saturated rings. The molecule has 0 aliphatic carbocycles. The minimum Gasteiger partial charge on any atom is -0.333 e. The molecule has 1 unspecified atom stereocenters. The zero-order valence-electron chi connectivity index (χ0n) is 13.3. The third-order valence-corrected chi connectivity index (χ3v) is 5.22. The molecule has 2 aromatic carbocycles. The van der Waals surface area contributed by atoms with Crippen LogP contribution in [0.25, 0.3) is 0 Å². The SMILES string of the molecule is CC(C(=O)N(Cc1ccccc1)Cc1ccccc1)S(C)(=O)=O. The van der Waals surface area contributed by atoms with Gasteiger partial charge in [0.2, 0.25) is 5.91 Å². The molecule has 0 aromatic heterocycles. The standard InChI is InChI=1S/C18H21NO3S/c1-15(23(2,21)22)18(20)19(13-16-9-5-3-6-10-16)14-17-11-7-4-8-12-17/h3-12,15H,13-14H2,1-2H3. The summed E-state index contributed by atoms with van der Waals surface area (Å²) in [5, 5.41) is -1.05. The third-order valence-electron chi connectivity index (χ3n) is 3.73. The van der Waals surface area contributed by atoms with Crippen LogP contribution >= 0.6 is 0 Å². The van der Waals surface area contributed by atoms with Crippen molar-refractivity contribution in [2.75, 3.05) is 6.26 Å². The lowest BCUT2D eigenvalue weighted by Crippen LogP contribution is -2.40. The summed E-state index contributed by atoms with van der Waals surface area (Å²) in [7, 11) is -3.42. The lowest BCUT2D eigenvalue weighted by molar-refractivity contribution is -0.131. The molecule has 2 rings (SSSR count). The van der Waals surface area contributed by atoms with Crippen LogP contribution in [0.5, 0.6) is 0 Å². The maximum absolute atomic E-state index is 12.6. The van der Waals surface area contributed by atoms with E-state index in [1.165, 1.54) is 6.92 Å². The molecule has 0 aliphatic rings. The fourth-order valence-corrected chi connectivity index (χ4v) is 2.77. The predicted octanol–water partition coefficient (Wildman–Crippen LogP) is 2.65. The summed E-state index contributed by atoms with van der Waals surface area (Å²) in [4.78, 5) is 14.2. The summed E-state index contributed by atoms with van der Waals surface area (Å²) in [6.45, 7) is 2.21. The van der Waals surface area contributed by atoms with Gasteiger partial charge in [0.15, 0.2) is 9.84 Å². The largest absolute Gasteiger partial charge is 0.333 e. The van der Waals surface area contributed by atoms with Crippen molar-refractivity contribution in [1.29, 1.82) is 0 Å². The molecule has 0 saturated heterocycles. The summed E-state index contributed by atoms with van der Waals surface area (Å²) >= 11 is 0. The Hall–Kier alpha value is -2.14. The Labute approximate surface area is 137 Å². The molecule has 2 aromatic rings. The van der Waals surface area contributed by atoms with Crippen LogP contribution in [0, 0.1) is 0 Å². The summed E-state index contributed by atoms with van der Waals surface area (Å²) in [5.74, 6) is -0.375. The van der Waals surface area contributed by atoms with Crippen LogP contribution in [-0.2, 0) is 27.7 Å².